The average molecular weight is 357 g/mol. The van der Waals surface area contributed by atoms with Crippen LogP contribution in [-0.4, -0.2) is 45.4 Å². The molecule has 2 atom stereocenters. The third-order valence-electron chi connectivity index (χ3n) is 4.18. The molecule has 1 aliphatic heterocycles. The summed E-state index contributed by atoms with van der Waals surface area (Å²) in [6.45, 7) is 3.56. The number of ether oxygens (including phenoxy) is 2. The Morgan fingerprint density at radius 1 is 1.43 bits per heavy atom. The zero-order valence-electron chi connectivity index (χ0n) is 12.8. The van der Waals surface area contributed by atoms with E-state index in [1.807, 2.05) is 12.1 Å². The van der Waals surface area contributed by atoms with Crippen molar-refractivity contribution in [2.24, 2.45) is 11.7 Å². The predicted molar refractivity (Wildman–Crippen MR) is 88.7 cm³/mol. The lowest BCUT2D eigenvalue weighted by Gasteiger charge is -2.38. The van der Waals surface area contributed by atoms with Gasteiger partial charge in [-0.3, -0.25) is 4.90 Å². The van der Waals surface area contributed by atoms with Crippen LogP contribution in [0.4, 0.5) is 0 Å². The van der Waals surface area contributed by atoms with Crippen LogP contribution < -0.4 is 10.5 Å². The quantitative estimate of drug-likeness (QED) is 0.851. The fourth-order valence-electron chi connectivity index (χ4n) is 3.13. The lowest BCUT2D eigenvalue weighted by Crippen LogP contribution is -2.42. The van der Waals surface area contributed by atoms with Gasteiger partial charge in [-0.05, 0) is 49.1 Å². The van der Waals surface area contributed by atoms with E-state index in [1.54, 1.807) is 14.2 Å². The number of piperidine rings is 1. The van der Waals surface area contributed by atoms with Crippen molar-refractivity contribution in [3.63, 3.8) is 0 Å². The van der Waals surface area contributed by atoms with E-state index in [9.17, 15) is 0 Å². The highest BCUT2D eigenvalue weighted by Crippen LogP contribution is 2.33. The van der Waals surface area contributed by atoms with E-state index in [2.05, 4.69) is 26.9 Å². The second-order valence-corrected chi connectivity index (χ2v) is 6.45. The van der Waals surface area contributed by atoms with Crippen LogP contribution in [0.2, 0.25) is 0 Å². The molecular formula is C16H25BrN2O2. The van der Waals surface area contributed by atoms with Gasteiger partial charge in [0.2, 0.25) is 0 Å². The highest BCUT2D eigenvalue weighted by atomic mass is 79.9. The normalized spacial score (nSPS) is 21.2. The molecule has 1 aromatic rings. The van der Waals surface area contributed by atoms with Crippen LogP contribution in [-0.2, 0) is 4.74 Å². The van der Waals surface area contributed by atoms with Crippen LogP contribution in [0.5, 0.6) is 5.75 Å². The summed E-state index contributed by atoms with van der Waals surface area (Å²) in [5, 5.41) is 0. The Bertz CT molecular complexity index is 454. The molecule has 4 nitrogen and oxygen atoms in total. The standard InChI is InChI=1S/C16H25BrN2O2/c1-20-11-12-4-3-7-19(10-12)16(9-18)14-8-13(21-2)5-6-15(14)17/h5-6,8,12,16H,3-4,7,9-11,18H2,1-2H3. The van der Waals surface area contributed by atoms with Gasteiger partial charge in [-0.1, -0.05) is 15.9 Å². The molecule has 0 aromatic heterocycles. The smallest absolute Gasteiger partial charge is 0.119 e. The minimum atomic E-state index is 0.217. The molecule has 1 heterocycles. The third-order valence-corrected chi connectivity index (χ3v) is 4.90. The number of halogens is 1. The minimum Gasteiger partial charge on any atom is -0.497 e. The summed E-state index contributed by atoms with van der Waals surface area (Å²) in [4.78, 5) is 2.48. The average Bonchev–Trinajstić information content (AvgIpc) is 2.51. The Kier molecular flexibility index (Phi) is 6.48. The van der Waals surface area contributed by atoms with Crippen molar-refractivity contribution in [1.29, 1.82) is 0 Å². The first-order valence-electron chi connectivity index (χ1n) is 7.46. The van der Waals surface area contributed by atoms with Crippen molar-refractivity contribution < 1.29 is 9.47 Å². The molecule has 1 aliphatic rings. The maximum atomic E-state index is 6.08. The molecule has 0 bridgehead atoms. The molecule has 0 aliphatic carbocycles. The lowest BCUT2D eigenvalue weighted by atomic mass is 9.95. The van der Waals surface area contributed by atoms with Gasteiger partial charge < -0.3 is 15.2 Å². The first-order valence-corrected chi connectivity index (χ1v) is 8.25. The number of hydrogen-bond donors (Lipinski definition) is 1. The molecule has 0 radical (unpaired) electrons. The van der Waals surface area contributed by atoms with E-state index >= 15 is 0 Å². The number of rotatable bonds is 6. The summed E-state index contributed by atoms with van der Waals surface area (Å²) in [7, 11) is 3.47. The molecule has 0 saturated carbocycles. The van der Waals surface area contributed by atoms with Crippen LogP contribution in [0, 0.1) is 5.92 Å². The second kappa shape index (κ2) is 8.13. The fraction of sp³-hybridized carbons (Fsp3) is 0.625. The Balaban J connectivity index is 2.18. The topological polar surface area (TPSA) is 47.7 Å². The lowest BCUT2D eigenvalue weighted by molar-refractivity contribution is 0.0695. The Morgan fingerprint density at radius 3 is 2.90 bits per heavy atom. The van der Waals surface area contributed by atoms with Crippen molar-refractivity contribution in [3.05, 3.63) is 28.2 Å². The summed E-state index contributed by atoms with van der Waals surface area (Å²) >= 11 is 3.65. The number of benzene rings is 1. The summed E-state index contributed by atoms with van der Waals surface area (Å²) in [5.41, 5.74) is 7.28. The Morgan fingerprint density at radius 2 is 2.24 bits per heavy atom. The van der Waals surface area contributed by atoms with E-state index in [4.69, 9.17) is 15.2 Å². The van der Waals surface area contributed by atoms with Crippen molar-refractivity contribution in [2.75, 3.05) is 40.5 Å². The van der Waals surface area contributed by atoms with E-state index in [-0.39, 0.29) is 6.04 Å². The number of likely N-dealkylation sites (tertiary alicyclic amines) is 1. The molecule has 1 fully saturated rings. The summed E-state index contributed by atoms with van der Waals surface area (Å²) in [6.07, 6.45) is 2.44. The number of methoxy groups -OCH3 is 2. The molecule has 21 heavy (non-hydrogen) atoms. The van der Waals surface area contributed by atoms with Gasteiger partial charge in [0.05, 0.1) is 13.7 Å². The molecule has 2 rings (SSSR count). The molecule has 2 N–H and O–H groups in total. The molecule has 0 spiro atoms. The Labute approximate surface area is 135 Å². The first kappa shape index (κ1) is 16.7. The molecule has 5 heteroatoms. The van der Waals surface area contributed by atoms with Gasteiger partial charge in [0, 0.05) is 30.7 Å². The molecule has 2 unspecified atom stereocenters. The van der Waals surface area contributed by atoms with Crippen molar-refractivity contribution in [1.82, 2.24) is 4.90 Å². The van der Waals surface area contributed by atoms with Crippen molar-refractivity contribution in [2.45, 2.75) is 18.9 Å². The van der Waals surface area contributed by atoms with E-state index in [0.717, 1.165) is 29.9 Å². The maximum absolute atomic E-state index is 6.08. The monoisotopic (exact) mass is 356 g/mol. The van der Waals surface area contributed by atoms with Gasteiger partial charge in [0.1, 0.15) is 5.75 Å². The van der Waals surface area contributed by atoms with Gasteiger partial charge in [-0.2, -0.15) is 0 Å². The van der Waals surface area contributed by atoms with Gasteiger partial charge >= 0.3 is 0 Å². The van der Waals surface area contributed by atoms with Gasteiger partial charge in [-0.25, -0.2) is 0 Å². The van der Waals surface area contributed by atoms with Crippen LogP contribution >= 0.6 is 15.9 Å². The molecule has 118 valence electrons. The van der Waals surface area contributed by atoms with Crippen molar-refractivity contribution >= 4 is 15.9 Å². The Hall–Kier alpha value is -0.620. The predicted octanol–water partition coefficient (Wildman–Crippen LogP) is 2.82. The molecule has 0 amide bonds. The first-order chi connectivity index (χ1) is 10.2. The fourth-order valence-corrected chi connectivity index (χ4v) is 3.64. The van der Waals surface area contributed by atoms with Crippen LogP contribution in [0.3, 0.4) is 0 Å². The molecule has 1 saturated heterocycles. The van der Waals surface area contributed by atoms with Crippen LogP contribution in [0.25, 0.3) is 0 Å². The highest BCUT2D eigenvalue weighted by molar-refractivity contribution is 9.10. The van der Waals surface area contributed by atoms with Gasteiger partial charge in [-0.15, -0.1) is 0 Å². The SMILES string of the molecule is COCC1CCCN(C(CN)c2cc(OC)ccc2Br)C1. The van der Waals surface area contributed by atoms with E-state index in [0.29, 0.717) is 12.5 Å². The van der Waals surface area contributed by atoms with E-state index in [1.165, 1.54) is 18.4 Å². The number of hydrogen-bond acceptors (Lipinski definition) is 4. The zero-order valence-corrected chi connectivity index (χ0v) is 14.4. The van der Waals surface area contributed by atoms with Crippen molar-refractivity contribution in [3.8, 4) is 5.75 Å². The minimum absolute atomic E-state index is 0.217. The van der Waals surface area contributed by atoms with Crippen LogP contribution in [0.1, 0.15) is 24.4 Å². The number of nitrogens with zero attached hydrogens (tertiary/aromatic N) is 1. The van der Waals surface area contributed by atoms with Gasteiger partial charge in [0.25, 0.3) is 0 Å². The molecular weight excluding hydrogens is 332 g/mol. The maximum Gasteiger partial charge on any atom is 0.119 e. The summed E-state index contributed by atoms with van der Waals surface area (Å²) < 4.78 is 11.8. The number of nitrogens with two attached hydrogens (primary N) is 1. The summed E-state index contributed by atoms with van der Waals surface area (Å²) in [5.74, 6) is 1.47. The van der Waals surface area contributed by atoms with Crippen LogP contribution in [0.15, 0.2) is 22.7 Å². The largest absolute Gasteiger partial charge is 0.497 e. The highest BCUT2D eigenvalue weighted by Gasteiger charge is 2.27. The second-order valence-electron chi connectivity index (χ2n) is 5.60. The zero-order chi connectivity index (χ0) is 15.2. The van der Waals surface area contributed by atoms with E-state index < -0.39 is 0 Å². The summed E-state index contributed by atoms with van der Waals surface area (Å²) in [6, 6.07) is 6.30. The van der Waals surface area contributed by atoms with Gasteiger partial charge in [0.15, 0.2) is 0 Å². The third kappa shape index (κ3) is 4.19. The molecule has 1 aromatic carbocycles.